The summed E-state index contributed by atoms with van der Waals surface area (Å²) in [6.45, 7) is 0. The molecule has 0 fully saturated rings. The van der Waals surface area contributed by atoms with E-state index in [9.17, 15) is 4.79 Å². The van der Waals surface area contributed by atoms with Crippen molar-refractivity contribution in [3.63, 3.8) is 0 Å². The second-order valence-corrected chi connectivity index (χ2v) is 9.82. The summed E-state index contributed by atoms with van der Waals surface area (Å²) in [5.74, 6) is 0.790. The van der Waals surface area contributed by atoms with E-state index in [4.69, 9.17) is 21.3 Å². The number of thiazole rings is 1. The van der Waals surface area contributed by atoms with Crippen LogP contribution < -0.4 is 19.6 Å². The first-order valence-electron chi connectivity index (χ1n) is 11.2. The molecule has 0 radical (unpaired) electrons. The van der Waals surface area contributed by atoms with E-state index >= 15 is 0 Å². The molecule has 0 amide bonds. The molecule has 1 atom stereocenters. The van der Waals surface area contributed by atoms with E-state index in [1.165, 1.54) is 22.5 Å². The Balaban J connectivity index is 1.62. The Morgan fingerprint density at radius 2 is 1.79 bits per heavy atom. The lowest BCUT2D eigenvalue weighted by molar-refractivity contribution is 0.414. The fourth-order valence-electron chi connectivity index (χ4n) is 4.84. The van der Waals surface area contributed by atoms with Crippen LogP contribution in [-0.2, 0) is 6.42 Å². The zero-order chi connectivity index (χ0) is 23.2. The molecule has 1 aliphatic heterocycles. The van der Waals surface area contributed by atoms with Gasteiger partial charge in [-0.1, -0.05) is 77.5 Å². The van der Waals surface area contributed by atoms with Crippen LogP contribution in [0, 0.1) is 0 Å². The lowest BCUT2D eigenvalue weighted by Crippen LogP contribution is -2.38. The molecule has 0 spiro atoms. The third kappa shape index (κ3) is 3.44. The van der Waals surface area contributed by atoms with E-state index in [-0.39, 0.29) is 11.6 Å². The van der Waals surface area contributed by atoms with Crippen molar-refractivity contribution in [2.75, 3.05) is 7.11 Å². The summed E-state index contributed by atoms with van der Waals surface area (Å²) in [7, 11) is 1.66. The van der Waals surface area contributed by atoms with Gasteiger partial charge in [0.1, 0.15) is 5.75 Å². The average Bonchev–Trinajstić information content (AvgIpc) is 3.18. The van der Waals surface area contributed by atoms with Crippen LogP contribution in [0.1, 0.15) is 34.7 Å². The third-order valence-electron chi connectivity index (χ3n) is 6.50. The van der Waals surface area contributed by atoms with E-state index in [1.54, 1.807) is 7.11 Å². The zero-order valence-electron chi connectivity index (χ0n) is 18.5. The Labute approximate surface area is 205 Å². The van der Waals surface area contributed by atoms with Crippen molar-refractivity contribution in [1.29, 1.82) is 0 Å². The van der Waals surface area contributed by atoms with Gasteiger partial charge in [0.25, 0.3) is 5.56 Å². The highest BCUT2D eigenvalue weighted by atomic mass is 35.5. The van der Waals surface area contributed by atoms with E-state index in [2.05, 4.69) is 24.3 Å². The second kappa shape index (κ2) is 8.42. The topological polar surface area (TPSA) is 43.6 Å². The van der Waals surface area contributed by atoms with Gasteiger partial charge in [-0.15, -0.1) is 0 Å². The minimum absolute atomic E-state index is 0.0464. The molecule has 0 N–H and O–H groups in total. The van der Waals surface area contributed by atoms with E-state index in [1.807, 2.05) is 59.2 Å². The van der Waals surface area contributed by atoms with Crippen LogP contribution in [-0.4, -0.2) is 11.7 Å². The number of ether oxygens (including phenoxy) is 1. The summed E-state index contributed by atoms with van der Waals surface area (Å²) in [5.41, 5.74) is 6.46. The molecule has 0 saturated heterocycles. The van der Waals surface area contributed by atoms with Crippen LogP contribution in [0.3, 0.4) is 0 Å². The first kappa shape index (κ1) is 21.1. The number of halogens is 1. The predicted octanol–water partition coefficient (Wildman–Crippen LogP) is 4.98. The molecule has 1 aliphatic carbocycles. The largest absolute Gasteiger partial charge is 0.497 e. The maximum absolute atomic E-state index is 13.7. The molecule has 2 heterocycles. The van der Waals surface area contributed by atoms with Crippen LogP contribution in [0.15, 0.2) is 88.2 Å². The van der Waals surface area contributed by atoms with Crippen LogP contribution in [0.4, 0.5) is 0 Å². The number of hydrogen-bond donors (Lipinski definition) is 0. The fraction of sp³-hybridized carbons (Fsp3) is 0.143. The zero-order valence-corrected chi connectivity index (χ0v) is 20.1. The molecular weight excluding hydrogens is 464 g/mol. The molecule has 168 valence electrons. The van der Waals surface area contributed by atoms with Gasteiger partial charge in [0, 0.05) is 10.6 Å². The Morgan fingerprint density at radius 3 is 2.59 bits per heavy atom. The molecule has 0 bridgehead atoms. The number of hydrogen-bond acceptors (Lipinski definition) is 4. The van der Waals surface area contributed by atoms with E-state index < -0.39 is 0 Å². The average molecular weight is 485 g/mol. The summed E-state index contributed by atoms with van der Waals surface area (Å²) in [6, 6.07) is 23.8. The van der Waals surface area contributed by atoms with Crippen molar-refractivity contribution >= 4 is 34.7 Å². The lowest BCUT2D eigenvalue weighted by atomic mass is 9.83. The van der Waals surface area contributed by atoms with Gasteiger partial charge in [0.15, 0.2) is 4.80 Å². The minimum atomic E-state index is -0.209. The number of aromatic nitrogens is 1. The van der Waals surface area contributed by atoms with E-state index in [0.717, 1.165) is 41.0 Å². The standard InChI is InChI=1S/C28H21ClN2O2S/c1-33-20-13-10-18(11-14-20)26-22-15-12-17-6-2-4-8-21(17)25(22)30-28-31(26)27(32)24(34-28)16-19-7-3-5-9-23(19)29/h2-11,13-14,16,26H,12,15H2,1H3/t26-/m0/s1. The van der Waals surface area contributed by atoms with Gasteiger partial charge >= 0.3 is 0 Å². The predicted molar refractivity (Wildman–Crippen MR) is 137 cm³/mol. The van der Waals surface area contributed by atoms with Crippen molar-refractivity contribution in [2.24, 2.45) is 4.99 Å². The van der Waals surface area contributed by atoms with E-state index in [0.29, 0.717) is 14.4 Å². The van der Waals surface area contributed by atoms with Gasteiger partial charge in [-0.25, -0.2) is 4.99 Å². The van der Waals surface area contributed by atoms with Crippen molar-refractivity contribution in [2.45, 2.75) is 18.9 Å². The quantitative estimate of drug-likeness (QED) is 0.411. The molecule has 6 heteroatoms. The summed E-state index contributed by atoms with van der Waals surface area (Å²) >= 11 is 7.80. The van der Waals surface area contributed by atoms with Crippen LogP contribution >= 0.6 is 22.9 Å². The van der Waals surface area contributed by atoms with Crippen molar-refractivity contribution in [3.8, 4) is 5.75 Å². The Morgan fingerprint density at radius 1 is 1.03 bits per heavy atom. The fourth-order valence-corrected chi connectivity index (χ4v) is 6.02. The highest BCUT2D eigenvalue weighted by Crippen LogP contribution is 2.41. The Kier molecular flexibility index (Phi) is 5.24. The molecule has 34 heavy (non-hydrogen) atoms. The van der Waals surface area contributed by atoms with Crippen molar-refractivity contribution < 1.29 is 4.74 Å². The van der Waals surface area contributed by atoms with Gasteiger partial charge in [0.2, 0.25) is 0 Å². The van der Waals surface area contributed by atoms with Gasteiger partial charge < -0.3 is 4.74 Å². The smallest absolute Gasteiger partial charge is 0.271 e. The minimum Gasteiger partial charge on any atom is -0.497 e. The molecule has 0 saturated carbocycles. The van der Waals surface area contributed by atoms with Gasteiger partial charge in [-0.05, 0) is 59.4 Å². The molecule has 3 aromatic carbocycles. The molecule has 2 aliphatic rings. The maximum atomic E-state index is 13.7. The first-order chi connectivity index (χ1) is 16.6. The maximum Gasteiger partial charge on any atom is 0.271 e. The molecule has 4 aromatic rings. The molecular formula is C28H21ClN2O2S. The highest BCUT2D eigenvalue weighted by molar-refractivity contribution is 7.07. The van der Waals surface area contributed by atoms with Crippen LogP contribution in [0.2, 0.25) is 5.02 Å². The van der Waals surface area contributed by atoms with Gasteiger partial charge in [-0.2, -0.15) is 0 Å². The first-order valence-corrected chi connectivity index (χ1v) is 12.3. The number of benzene rings is 3. The van der Waals surface area contributed by atoms with Gasteiger partial charge in [0.05, 0.1) is 23.4 Å². The number of allylic oxidation sites excluding steroid dienone is 1. The number of methoxy groups -OCH3 is 1. The lowest BCUT2D eigenvalue weighted by Gasteiger charge is -2.30. The van der Waals surface area contributed by atoms with Crippen LogP contribution in [0.5, 0.6) is 5.75 Å². The monoisotopic (exact) mass is 484 g/mol. The summed E-state index contributed by atoms with van der Waals surface area (Å²) in [6.07, 6.45) is 3.66. The normalized spacial score (nSPS) is 17.0. The number of aryl methyl sites for hydroxylation is 1. The molecule has 6 rings (SSSR count). The SMILES string of the molecule is COc1ccc([C@H]2C3=C(N=c4sc(=Cc5ccccc5Cl)c(=O)n42)c2ccccc2CC3)cc1. The summed E-state index contributed by atoms with van der Waals surface area (Å²) in [4.78, 5) is 19.5. The Bertz CT molecular complexity index is 1630. The third-order valence-corrected chi connectivity index (χ3v) is 7.82. The second-order valence-electron chi connectivity index (χ2n) is 8.41. The number of fused-ring (bicyclic) bond motifs is 3. The Hall–Kier alpha value is -3.41. The number of rotatable bonds is 3. The highest BCUT2D eigenvalue weighted by Gasteiger charge is 2.32. The van der Waals surface area contributed by atoms with Gasteiger partial charge in [-0.3, -0.25) is 9.36 Å². The van der Waals surface area contributed by atoms with Crippen molar-refractivity contribution in [3.05, 3.63) is 125 Å². The summed E-state index contributed by atoms with van der Waals surface area (Å²) in [5, 5.41) is 0.619. The summed E-state index contributed by atoms with van der Waals surface area (Å²) < 4.78 is 7.84. The number of nitrogens with zero attached hydrogens (tertiary/aromatic N) is 2. The van der Waals surface area contributed by atoms with Crippen molar-refractivity contribution in [1.82, 2.24) is 4.57 Å². The molecule has 0 unspecified atom stereocenters. The molecule has 4 nitrogen and oxygen atoms in total. The molecule has 1 aromatic heterocycles. The van der Waals surface area contributed by atoms with Crippen LogP contribution in [0.25, 0.3) is 11.8 Å².